The van der Waals surface area contributed by atoms with Gasteiger partial charge in [-0.1, -0.05) is 12.1 Å². The Kier molecular flexibility index (Phi) is 3.84. The van der Waals surface area contributed by atoms with Crippen LogP contribution in [-0.2, 0) is 6.54 Å². The largest absolute Gasteiger partial charge is 0.497 e. The molecule has 0 fully saturated rings. The van der Waals surface area contributed by atoms with Crippen LogP contribution >= 0.6 is 0 Å². The SMILES string of the molecule is COc1ccc(CNc2ccc(N)c(C#N)n2)cc1. The molecule has 1 heterocycles. The minimum absolute atomic E-state index is 0.236. The molecule has 2 aromatic rings. The third-order valence-corrected chi connectivity index (χ3v) is 2.67. The van der Waals surface area contributed by atoms with Crippen LogP contribution in [0.4, 0.5) is 11.5 Å². The molecule has 0 radical (unpaired) electrons. The van der Waals surface area contributed by atoms with E-state index in [4.69, 9.17) is 15.7 Å². The van der Waals surface area contributed by atoms with Gasteiger partial charge in [0.05, 0.1) is 12.8 Å². The maximum Gasteiger partial charge on any atom is 0.165 e. The van der Waals surface area contributed by atoms with E-state index in [9.17, 15) is 0 Å². The summed E-state index contributed by atoms with van der Waals surface area (Å²) in [5.74, 6) is 1.45. The van der Waals surface area contributed by atoms with Crippen molar-refractivity contribution in [1.82, 2.24) is 4.98 Å². The molecule has 0 aliphatic rings. The van der Waals surface area contributed by atoms with Crippen molar-refractivity contribution in [3.8, 4) is 11.8 Å². The number of anilines is 2. The average Bonchev–Trinajstić information content (AvgIpc) is 2.47. The number of ether oxygens (including phenoxy) is 1. The van der Waals surface area contributed by atoms with Crippen LogP contribution in [-0.4, -0.2) is 12.1 Å². The van der Waals surface area contributed by atoms with Crippen molar-refractivity contribution < 1.29 is 4.74 Å². The van der Waals surface area contributed by atoms with Gasteiger partial charge in [-0.05, 0) is 29.8 Å². The number of benzene rings is 1. The molecule has 19 heavy (non-hydrogen) atoms. The lowest BCUT2D eigenvalue weighted by atomic mass is 10.2. The van der Waals surface area contributed by atoms with E-state index in [2.05, 4.69) is 10.3 Å². The van der Waals surface area contributed by atoms with Gasteiger partial charge in [-0.25, -0.2) is 4.98 Å². The first-order valence-corrected chi connectivity index (χ1v) is 5.76. The Hall–Kier alpha value is -2.74. The number of methoxy groups -OCH3 is 1. The molecule has 3 N–H and O–H groups in total. The van der Waals surface area contributed by atoms with Gasteiger partial charge in [0, 0.05) is 6.54 Å². The third-order valence-electron chi connectivity index (χ3n) is 2.67. The van der Waals surface area contributed by atoms with Crippen LogP contribution in [0.2, 0.25) is 0 Å². The molecule has 0 unspecified atom stereocenters. The van der Waals surface area contributed by atoms with Crippen molar-refractivity contribution in [3.05, 3.63) is 47.7 Å². The van der Waals surface area contributed by atoms with Crippen LogP contribution < -0.4 is 15.8 Å². The fourth-order valence-electron chi connectivity index (χ4n) is 1.59. The Balaban J connectivity index is 2.04. The lowest BCUT2D eigenvalue weighted by Crippen LogP contribution is -2.03. The summed E-state index contributed by atoms with van der Waals surface area (Å²) in [6.45, 7) is 0.617. The molecular weight excluding hydrogens is 240 g/mol. The van der Waals surface area contributed by atoms with Gasteiger partial charge in [0.1, 0.15) is 17.6 Å². The quantitative estimate of drug-likeness (QED) is 0.873. The Morgan fingerprint density at radius 1 is 1.26 bits per heavy atom. The summed E-state index contributed by atoms with van der Waals surface area (Å²) < 4.78 is 5.09. The van der Waals surface area contributed by atoms with E-state index in [1.807, 2.05) is 30.3 Å². The number of aromatic nitrogens is 1. The predicted molar refractivity (Wildman–Crippen MR) is 73.7 cm³/mol. The van der Waals surface area contributed by atoms with Crippen molar-refractivity contribution in [3.63, 3.8) is 0 Å². The highest BCUT2D eigenvalue weighted by Gasteiger charge is 2.02. The second-order valence-electron chi connectivity index (χ2n) is 3.95. The number of hydrogen-bond acceptors (Lipinski definition) is 5. The lowest BCUT2D eigenvalue weighted by molar-refractivity contribution is 0.414. The third kappa shape index (κ3) is 3.13. The van der Waals surface area contributed by atoms with Gasteiger partial charge in [0.25, 0.3) is 0 Å². The van der Waals surface area contributed by atoms with Gasteiger partial charge in [0.2, 0.25) is 0 Å². The molecule has 1 aromatic heterocycles. The second kappa shape index (κ2) is 5.74. The molecule has 0 atom stereocenters. The summed E-state index contributed by atoms with van der Waals surface area (Å²) >= 11 is 0. The number of nitrogens with two attached hydrogens (primary N) is 1. The molecule has 96 valence electrons. The number of hydrogen-bond donors (Lipinski definition) is 2. The Morgan fingerprint density at radius 2 is 2.00 bits per heavy atom. The highest BCUT2D eigenvalue weighted by molar-refractivity contribution is 5.54. The van der Waals surface area contributed by atoms with Crippen LogP contribution in [0.5, 0.6) is 5.75 Å². The minimum Gasteiger partial charge on any atom is -0.497 e. The van der Waals surface area contributed by atoms with E-state index >= 15 is 0 Å². The molecule has 5 nitrogen and oxygen atoms in total. The van der Waals surface area contributed by atoms with E-state index in [0.29, 0.717) is 18.1 Å². The van der Waals surface area contributed by atoms with Gasteiger partial charge in [0.15, 0.2) is 5.69 Å². The fourth-order valence-corrected chi connectivity index (χ4v) is 1.59. The maximum atomic E-state index is 8.85. The number of nitrogens with zero attached hydrogens (tertiary/aromatic N) is 2. The molecule has 0 spiro atoms. The second-order valence-corrected chi connectivity index (χ2v) is 3.95. The normalized spacial score (nSPS) is 9.68. The molecule has 0 amide bonds. The summed E-state index contributed by atoms with van der Waals surface area (Å²) in [4.78, 5) is 4.12. The smallest absolute Gasteiger partial charge is 0.165 e. The van der Waals surface area contributed by atoms with Crippen LogP contribution in [0, 0.1) is 11.3 Å². The molecule has 0 aliphatic heterocycles. The van der Waals surface area contributed by atoms with Crippen LogP contribution in [0.3, 0.4) is 0 Å². The first-order valence-electron chi connectivity index (χ1n) is 5.76. The number of pyridine rings is 1. The van der Waals surface area contributed by atoms with Crippen LogP contribution in [0.15, 0.2) is 36.4 Å². The van der Waals surface area contributed by atoms with Gasteiger partial charge >= 0.3 is 0 Å². The van der Waals surface area contributed by atoms with E-state index in [-0.39, 0.29) is 5.69 Å². The van der Waals surface area contributed by atoms with E-state index in [1.165, 1.54) is 0 Å². The first kappa shape index (κ1) is 12.7. The predicted octanol–water partition coefficient (Wildman–Crippen LogP) is 2.16. The van der Waals surface area contributed by atoms with Gasteiger partial charge in [-0.3, -0.25) is 0 Å². The number of nitrogen functional groups attached to an aromatic ring is 1. The Labute approximate surface area is 111 Å². The van der Waals surface area contributed by atoms with Crippen molar-refractivity contribution in [2.24, 2.45) is 0 Å². The Morgan fingerprint density at radius 3 is 2.63 bits per heavy atom. The standard InChI is InChI=1S/C14H14N4O/c1-19-11-4-2-10(3-5-11)9-17-14-7-6-12(16)13(8-15)18-14/h2-7H,9,16H2,1H3,(H,17,18). The zero-order valence-electron chi connectivity index (χ0n) is 10.6. The molecule has 0 aliphatic carbocycles. The van der Waals surface area contributed by atoms with E-state index in [1.54, 1.807) is 19.2 Å². The summed E-state index contributed by atoms with van der Waals surface area (Å²) in [7, 11) is 1.63. The zero-order valence-corrected chi connectivity index (χ0v) is 10.6. The Bertz CT molecular complexity index is 602. The van der Waals surface area contributed by atoms with Gasteiger partial charge < -0.3 is 15.8 Å². The first-order chi connectivity index (χ1) is 9.22. The maximum absolute atomic E-state index is 8.85. The molecular formula is C14H14N4O. The highest BCUT2D eigenvalue weighted by Crippen LogP contribution is 2.15. The van der Waals surface area contributed by atoms with Gasteiger partial charge in [-0.2, -0.15) is 5.26 Å². The van der Waals surface area contributed by atoms with Crippen LogP contribution in [0.25, 0.3) is 0 Å². The molecule has 0 saturated carbocycles. The van der Waals surface area contributed by atoms with Crippen molar-refractivity contribution in [1.29, 1.82) is 5.26 Å². The number of nitrogens with one attached hydrogen (secondary N) is 1. The van der Waals surface area contributed by atoms with Crippen molar-refractivity contribution in [2.75, 3.05) is 18.2 Å². The molecule has 5 heteroatoms. The van der Waals surface area contributed by atoms with Crippen molar-refractivity contribution >= 4 is 11.5 Å². The molecule has 1 aromatic carbocycles. The molecule has 0 saturated heterocycles. The summed E-state index contributed by atoms with van der Waals surface area (Å²) in [6.07, 6.45) is 0. The molecule has 2 rings (SSSR count). The van der Waals surface area contributed by atoms with Crippen molar-refractivity contribution in [2.45, 2.75) is 6.54 Å². The average molecular weight is 254 g/mol. The minimum atomic E-state index is 0.236. The summed E-state index contributed by atoms with van der Waals surface area (Å²) in [5.41, 5.74) is 7.33. The number of rotatable bonds is 4. The fraction of sp³-hybridized carbons (Fsp3) is 0.143. The lowest BCUT2D eigenvalue weighted by Gasteiger charge is -2.07. The topological polar surface area (TPSA) is 84.0 Å². The van der Waals surface area contributed by atoms with E-state index in [0.717, 1.165) is 11.3 Å². The summed E-state index contributed by atoms with van der Waals surface area (Å²) in [5, 5.41) is 12.0. The molecule has 0 bridgehead atoms. The van der Waals surface area contributed by atoms with E-state index < -0.39 is 0 Å². The monoisotopic (exact) mass is 254 g/mol. The van der Waals surface area contributed by atoms with Crippen LogP contribution in [0.1, 0.15) is 11.3 Å². The summed E-state index contributed by atoms with van der Waals surface area (Å²) in [6, 6.07) is 13.1. The van der Waals surface area contributed by atoms with Gasteiger partial charge in [-0.15, -0.1) is 0 Å². The highest BCUT2D eigenvalue weighted by atomic mass is 16.5. The zero-order chi connectivity index (χ0) is 13.7. The number of nitriles is 1.